The largest absolute Gasteiger partial charge is 0.320 e. The maximum absolute atomic E-state index is 12.0. The molecule has 0 atom stereocenters. The number of hydrogen-bond donors (Lipinski definition) is 1. The van der Waals surface area contributed by atoms with Gasteiger partial charge in [0.15, 0.2) is 0 Å². The first-order valence-electron chi connectivity index (χ1n) is 5.50. The van der Waals surface area contributed by atoms with Crippen LogP contribution in [0.3, 0.4) is 0 Å². The zero-order valence-electron chi connectivity index (χ0n) is 10.1. The zero-order chi connectivity index (χ0) is 14.5. The van der Waals surface area contributed by atoms with Crippen LogP contribution in [0.15, 0.2) is 40.6 Å². The molecule has 0 aliphatic heterocycles. The molecule has 1 heterocycles. The first-order valence-corrected chi connectivity index (χ1v) is 7.20. The van der Waals surface area contributed by atoms with Crippen LogP contribution in [0.25, 0.3) is 6.08 Å². The minimum atomic E-state index is -0.525. The summed E-state index contributed by atoms with van der Waals surface area (Å²) in [6, 6.07) is 8.42. The summed E-state index contributed by atoms with van der Waals surface area (Å²) in [5.74, 6) is -0.525. The van der Waals surface area contributed by atoms with Gasteiger partial charge in [-0.1, -0.05) is 23.2 Å². The van der Waals surface area contributed by atoms with E-state index in [4.69, 9.17) is 28.5 Å². The van der Waals surface area contributed by atoms with Gasteiger partial charge in [-0.25, -0.2) is 0 Å². The number of nitriles is 1. The molecule has 1 aromatic heterocycles. The van der Waals surface area contributed by atoms with E-state index in [1.807, 2.05) is 22.9 Å². The number of nitrogens with zero attached hydrogens (tertiary/aromatic N) is 1. The molecule has 0 aliphatic carbocycles. The zero-order valence-corrected chi connectivity index (χ0v) is 12.4. The normalized spacial score (nSPS) is 10.9. The molecule has 6 heteroatoms. The van der Waals surface area contributed by atoms with Crippen molar-refractivity contribution in [1.29, 1.82) is 5.26 Å². The van der Waals surface area contributed by atoms with E-state index in [0.29, 0.717) is 15.7 Å². The second-order valence-electron chi connectivity index (χ2n) is 3.80. The molecule has 0 saturated heterocycles. The minimum Gasteiger partial charge on any atom is -0.320 e. The van der Waals surface area contributed by atoms with Crippen LogP contribution in [0.2, 0.25) is 10.0 Å². The molecule has 0 aliphatic rings. The third kappa shape index (κ3) is 3.61. The van der Waals surface area contributed by atoms with Gasteiger partial charge in [0, 0.05) is 5.02 Å². The van der Waals surface area contributed by atoms with Crippen LogP contribution in [0, 0.1) is 11.3 Å². The van der Waals surface area contributed by atoms with Crippen molar-refractivity contribution in [3.05, 3.63) is 56.2 Å². The monoisotopic (exact) mass is 322 g/mol. The van der Waals surface area contributed by atoms with Crippen LogP contribution >= 0.6 is 34.5 Å². The number of rotatable bonds is 3. The summed E-state index contributed by atoms with van der Waals surface area (Å²) in [6.07, 6.45) is 1.52. The van der Waals surface area contributed by atoms with E-state index in [-0.39, 0.29) is 5.57 Å². The van der Waals surface area contributed by atoms with Gasteiger partial charge in [-0.2, -0.15) is 16.6 Å². The molecule has 0 saturated carbocycles. The predicted molar refractivity (Wildman–Crippen MR) is 83.0 cm³/mol. The Hall–Kier alpha value is -1.80. The highest BCUT2D eigenvalue weighted by atomic mass is 35.5. The van der Waals surface area contributed by atoms with Crippen LogP contribution in [0.5, 0.6) is 0 Å². The van der Waals surface area contributed by atoms with Crippen LogP contribution in [-0.2, 0) is 4.79 Å². The summed E-state index contributed by atoms with van der Waals surface area (Å²) in [5.41, 5.74) is 1.17. The first kappa shape index (κ1) is 14.6. The Labute approximate surface area is 130 Å². The number of benzene rings is 1. The van der Waals surface area contributed by atoms with E-state index in [1.54, 1.807) is 12.1 Å². The van der Waals surface area contributed by atoms with Gasteiger partial charge in [0.05, 0.1) is 10.7 Å². The van der Waals surface area contributed by atoms with Crippen molar-refractivity contribution in [3.63, 3.8) is 0 Å². The minimum absolute atomic E-state index is 0.000517. The number of amides is 1. The Morgan fingerprint density at radius 3 is 2.80 bits per heavy atom. The summed E-state index contributed by atoms with van der Waals surface area (Å²) in [6.45, 7) is 0. The van der Waals surface area contributed by atoms with Crippen molar-refractivity contribution in [2.45, 2.75) is 0 Å². The smallest absolute Gasteiger partial charge is 0.266 e. The van der Waals surface area contributed by atoms with Crippen LogP contribution < -0.4 is 5.32 Å². The average molecular weight is 323 g/mol. The van der Waals surface area contributed by atoms with Gasteiger partial charge in [-0.05, 0) is 46.7 Å². The second-order valence-corrected chi connectivity index (χ2v) is 5.43. The molecule has 20 heavy (non-hydrogen) atoms. The lowest BCUT2D eigenvalue weighted by atomic mass is 10.2. The highest BCUT2D eigenvalue weighted by Gasteiger charge is 2.11. The van der Waals surface area contributed by atoms with Crippen molar-refractivity contribution < 1.29 is 4.79 Å². The number of nitrogens with one attached hydrogen (secondary N) is 1. The predicted octanol–water partition coefficient (Wildman–Crippen LogP) is 4.60. The molecule has 1 aromatic carbocycles. The number of thiophene rings is 1. The Bertz CT molecular complexity index is 702. The molecule has 1 N–H and O–H groups in total. The van der Waals surface area contributed by atoms with E-state index < -0.39 is 5.91 Å². The molecule has 100 valence electrons. The van der Waals surface area contributed by atoms with Crippen molar-refractivity contribution in [3.8, 4) is 6.07 Å². The van der Waals surface area contributed by atoms with Gasteiger partial charge < -0.3 is 5.32 Å². The lowest BCUT2D eigenvalue weighted by Gasteiger charge is -2.06. The number of halogens is 2. The molecule has 1 amide bonds. The van der Waals surface area contributed by atoms with Crippen molar-refractivity contribution in [1.82, 2.24) is 0 Å². The van der Waals surface area contributed by atoms with Crippen LogP contribution in [0.4, 0.5) is 5.69 Å². The van der Waals surface area contributed by atoms with Gasteiger partial charge in [0.1, 0.15) is 11.6 Å². The molecule has 0 unspecified atom stereocenters. The standard InChI is InChI=1S/C14H8Cl2N2OS/c15-11-1-2-12(16)13(6-11)18-14(19)10(7-17)5-9-3-4-20-8-9/h1-6,8H,(H,18,19)/b10-5-. The molecule has 2 rings (SSSR count). The Balaban J connectivity index is 2.23. The summed E-state index contributed by atoms with van der Waals surface area (Å²) < 4.78 is 0. The van der Waals surface area contributed by atoms with Crippen molar-refractivity contribution in [2.75, 3.05) is 5.32 Å². The van der Waals surface area contributed by atoms with Crippen LogP contribution in [-0.4, -0.2) is 5.91 Å². The lowest BCUT2D eigenvalue weighted by molar-refractivity contribution is -0.112. The van der Waals surface area contributed by atoms with Gasteiger partial charge >= 0.3 is 0 Å². The van der Waals surface area contributed by atoms with E-state index in [1.165, 1.54) is 23.5 Å². The topological polar surface area (TPSA) is 52.9 Å². The first-order chi connectivity index (χ1) is 9.60. The average Bonchev–Trinajstić information content (AvgIpc) is 2.93. The van der Waals surface area contributed by atoms with Gasteiger partial charge in [0.25, 0.3) is 5.91 Å². The summed E-state index contributed by atoms with van der Waals surface area (Å²) in [7, 11) is 0. The summed E-state index contributed by atoms with van der Waals surface area (Å²) >= 11 is 13.3. The molecule has 3 nitrogen and oxygen atoms in total. The molecular formula is C14H8Cl2N2OS. The highest BCUT2D eigenvalue weighted by molar-refractivity contribution is 7.08. The molecule has 2 aromatic rings. The maximum atomic E-state index is 12.0. The fourth-order valence-electron chi connectivity index (χ4n) is 1.46. The molecule has 0 fully saturated rings. The third-order valence-electron chi connectivity index (χ3n) is 2.40. The summed E-state index contributed by atoms with van der Waals surface area (Å²) in [4.78, 5) is 12.0. The van der Waals surface area contributed by atoms with Crippen molar-refractivity contribution in [2.24, 2.45) is 0 Å². The lowest BCUT2D eigenvalue weighted by Crippen LogP contribution is -2.13. The van der Waals surface area contributed by atoms with Gasteiger partial charge in [0.2, 0.25) is 0 Å². The second kappa shape index (κ2) is 6.58. The maximum Gasteiger partial charge on any atom is 0.266 e. The number of anilines is 1. The molecule has 0 radical (unpaired) electrons. The fraction of sp³-hybridized carbons (Fsp3) is 0. The van der Waals surface area contributed by atoms with E-state index in [2.05, 4.69) is 5.32 Å². The van der Waals surface area contributed by atoms with Gasteiger partial charge in [-0.3, -0.25) is 4.79 Å². The Kier molecular flexibility index (Phi) is 4.80. The number of hydrogen-bond acceptors (Lipinski definition) is 3. The highest BCUT2D eigenvalue weighted by Crippen LogP contribution is 2.26. The quantitative estimate of drug-likeness (QED) is 0.663. The molecule has 0 bridgehead atoms. The fourth-order valence-corrected chi connectivity index (χ4v) is 2.41. The summed E-state index contributed by atoms with van der Waals surface area (Å²) in [5, 5.41) is 16.2. The molecule has 0 spiro atoms. The van der Waals surface area contributed by atoms with Crippen LogP contribution in [0.1, 0.15) is 5.56 Å². The van der Waals surface area contributed by atoms with E-state index >= 15 is 0 Å². The van der Waals surface area contributed by atoms with E-state index in [9.17, 15) is 4.79 Å². The van der Waals surface area contributed by atoms with Gasteiger partial charge in [-0.15, -0.1) is 0 Å². The number of carbonyl (C=O) groups is 1. The Morgan fingerprint density at radius 1 is 1.35 bits per heavy atom. The van der Waals surface area contributed by atoms with E-state index in [0.717, 1.165) is 5.56 Å². The molecular weight excluding hydrogens is 315 g/mol. The van der Waals surface area contributed by atoms with Crippen molar-refractivity contribution >= 4 is 52.2 Å². The Morgan fingerprint density at radius 2 is 2.15 bits per heavy atom. The third-order valence-corrected chi connectivity index (χ3v) is 3.66. The number of carbonyl (C=O) groups excluding carboxylic acids is 1. The SMILES string of the molecule is N#C/C(=C/c1ccsc1)C(=O)Nc1cc(Cl)ccc1Cl.